The van der Waals surface area contributed by atoms with Crippen molar-refractivity contribution in [3.63, 3.8) is 0 Å². The lowest BCUT2D eigenvalue weighted by Gasteiger charge is -2.36. The van der Waals surface area contributed by atoms with Gasteiger partial charge >= 0.3 is 0 Å². The van der Waals surface area contributed by atoms with Gasteiger partial charge in [0.2, 0.25) is 0 Å². The van der Waals surface area contributed by atoms with Gasteiger partial charge in [-0.25, -0.2) is 9.37 Å². The Balaban J connectivity index is 1.69. The van der Waals surface area contributed by atoms with Crippen LogP contribution < -0.4 is 15.5 Å². The Morgan fingerprint density at radius 1 is 1.24 bits per heavy atom. The molecule has 112 valence electrons. The second-order valence-corrected chi connectivity index (χ2v) is 6.16. The highest BCUT2D eigenvalue weighted by atomic mass is 32.1. The Kier molecular flexibility index (Phi) is 4.07. The van der Waals surface area contributed by atoms with Crippen LogP contribution in [-0.2, 0) is 0 Å². The molecule has 21 heavy (non-hydrogen) atoms. The highest BCUT2D eigenvalue weighted by Gasteiger charge is 2.21. The molecule has 1 saturated heterocycles. The van der Waals surface area contributed by atoms with E-state index in [1.54, 1.807) is 17.4 Å². The Hall–Kier alpha value is -1.66. The van der Waals surface area contributed by atoms with Gasteiger partial charge in [-0.1, -0.05) is 6.07 Å². The third-order valence-corrected chi connectivity index (χ3v) is 4.64. The average Bonchev–Trinajstić information content (AvgIpc) is 3.01. The van der Waals surface area contributed by atoms with E-state index in [0.717, 1.165) is 36.9 Å². The predicted octanol–water partition coefficient (Wildman–Crippen LogP) is 2.63. The van der Waals surface area contributed by atoms with Gasteiger partial charge in [-0.05, 0) is 24.6 Å². The van der Waals surface area contributed by atoms with Gasteiger partial charge in [0.1, 0.15) is 5.82 Å². The van der Waals surface area contributed by atoms with Crippen molar-refractivity contribution in [1.82, 2.24) is 4.98 Å². The van der Waals surface area contributed by atoms with Crippen LogP contribution in [0.4, 0.5) is 15.2 Å². The summed E-state index contributed by atoms with van der Waals surface area (Å²) in [6, 6.07) is 5.16. The standard InChI is InChI=1S/C15H19FN4S/c1-11(17)12-2-3-14(13(16)10-12)19-5-7-20(8-6-19)15-18-4-9-21-15/h2-4,9-11H,5-8,17H2,1H3/t11-/m1/s1. The maximum Gasteiger partial charge on any atom is 0.185 e. The highest BCUT2D eigenvalue weighted by Crippen LogP contribution is 2.25. The molecule has 0 amide bonds. The Morgan fingerprint density at radius 2 is 1.95 bits per heavy atom. The summed E-state index contributed by atoms with van der Waals surface area (Å²) in [5.74, 6) is -0.188. The summed E-state index contributed by atoms with van der Waals surface area (Å²) in [7, 11) is 0. The Labute approximate surface area is 128 Å². The second kappa shape index (κ2) is 5.99. The highest BCUT2D eigenvalue weighted by molar-refractivity contribution is 7.13. The summed E-state index contributed by atoms with van der Waals surface area (Å²) >= 11 is 1.64. The fraction of sp³-hybridized carbons (Fsp3) is 0.400. The number of benzene rings is 1. The molecule has 0 radical (unpaired) electrons. The molecule has 4 nitrogen and oxygen atoms in total. The average molecular weight is 306 g/mol. The summed E-state index contributed by atoms with van der Waals surface area (Å²) < 4.78 is 14.2. The minimum atomic E-state index is -0.188. The van der Waals surface area contributed by atoms with Gasteiger partial charge in [0, 0.05) is 43.8 Å². The maximum absolute atomic E-state index is 14.2. The summed E-state index contributed by atoms with van der Waals surface area (Å²) in [6.07, 6.45) is 1.82. The molecule has 0 saturated carbocycles. The van der Waals surface area contributed by atoms with Gasteiger partial charge in [0.25, 0.3) is 0 Å². The minimum absolute atomic E-state index is 0.143. The second-order valence-electron chi connectivity index (χ2n) is 5.29. The molecule has 3 rings (SSSR count). The van der Waals surface area contributed by atoms with Crippen LogP contribution in [0, 0.1) is 5.82 Å². The van der Waals surface area contributed by atoms with E-state index in [1.165, 1.54) is 0 Å². The summed E-state index contributed by atoms with van der Waals surface area (Å²) in [6.45, 7) is 5.19. The molecular weight excluding hydrogens is 287 g/mol. The number of hydrogen-bond donors (Lipinski definition) is 1. The van der Waals surface area contributed by atoms with E-state index in [1.807, 2.05) is 30.6 Å². The number of rotatable bonds is 3. The number of aromatic nitrogens is 1. The quantitative estimate of drug-likeness (QED) is 0.947. The molecule has 2 aromatic rings. The largest absolute Gasteiger partial charge is 0.366 e. The Morgan fingerprint density at radius 3 is 2.52 bits per heavy atom. The molecule has 1 aromatic carbocycles. The van der Waals surface area contributed by atoms with Crippen molar-refractivity contribution < 1.29 is 4.39 Å². The zero-order valence-corrected chi connectivity index (χ0v) is 12.8. The third-order valence-electron chi connectivity index (χ3n) is 3.81. The van der Waals surface area contributed by atoms with E-state index in [-0.39, 0.29) is 11.9 Å². The fourth-order valence-electron chi connectivity index (χ4n) is 2.57. The maximum atomic E-state index is 14.2. The fourth-order valence-corrected chi connectivity index (χ4v) is 3.27. The van der Waals surface area contributed by atoms with Crippen molar-refractivity contribution in [1.29, 1.82) is 0 Å². The molecule has 0 spiro atoms. The van der Waals surface area contributed by atoms with Crippen molar-refractivity contribution in [3.8, 4) is 0 Å². The molecule has 2 N–H and O–H groups in total. The van der Waals surface area contributed by atoms with Crippen LogP contribution in [0.1, 0.15) is 18.5 Å². The lowest BCUT2D eigenvalue weighted by molar-refractivity contribution is 0.594. The van der Waals surface area contributed by atoms with Gasteiger partial charge in [0.05, 0.1) is 5.69 Å². The van der Waals surface area contributed by atoms with Crippen LogP contribution in [0.25, 0.3) is 0 Å². The van der Waals surface area contributed by atoms with Gasteiger partial charge in [0.15, 0.2) is 5.13 Å². The summed E-state index contributed by atoms with van der Waals surface area (Å²) in [5.41, 5.74) is 7.29. The van der Waals surface area contributed by atoms with Crippen molar-refractivity contribution in [2.75, 3.05) is 36.0 Å². The molecule has 0 aliphatic carbocycles. The zero-order chi connectivity index (χ0) is 14.8. The number of thiazole rings is 1. The number of hydrogen-bond acceptors (Lipinski definition) is 5. The molecule has 1 atom stereocenters. The van der Waals surface area contributed by atoms with Crippen molar-refractivity contribution in [3.05, 3.63) is 41.2 Å². The van der Waals surface area contributed by atoms with Gasteiger partial charge < -0.3 is 15.5 Å². The number of nitrogens with two attached hydrogens (primary N) is 1. The first-order valence-corrected chi connectivity index (χ1v) is 7.97. The van der Waals surface area contributed by atoms with E-state index < -0.39 is 0 Å². The van der Waals surface area contributed by atoms with Crippen LogP contribution in [-0.4, -0.2) is 31.2 Å². The number of nitrogens with zero attached hydrogens (tertiary/aromatic N) is 3. The monoisotopic (exact) mass is 306 g/mol. The van der Waals surface area contributed by atoms with Crippen molar-refractivity contribution in [2.24, 2.45) is 5.73 Å². The number of halogens is 1. The molecule has 1 fully saturated rings. The molecule has 6 heteroatoms. The SMILES string of the molecule is C[C@@H](N)c1ccc(N2CCN(c3nccs3)CC2)c(F)c1. The number of piperazine rings is 1. The summed E-state index contributed by atoms with van der Waals surface area (Å²) in [4.78, 5) is 8.66. The smallest absolute Gasteiger partial charge is 0.185 e. The normalized spacial score (nSPS) is 17.1. The first-order valence-electron chi connectivity index (χ1n) is 7.09. The molecule has 2 heterocycles. The van der Waals surface area contributed by atoms with Crippen molar-refractivity contribution >= 4 is 22.2 Å². The molecule has 0 unspecified atom stereocenters. The molecule has 0 bridgehead atoms. The summed E-state index contributed by atoms with van der Waals surface area (Å²) in [5, 5.41) is 3.02. The van der Waals surface area contributed by atoms with Crippen LogP contribution >= 0.6 is 11.3 Å². The van der Waals surface area contributed by atoms with E-state index in [0.29, 0.717) is 5.69 Å². The van der Waals surface area contributed by atoms with Gasteiger partial charge in [-0.3, -0.25) is 0 Å². The van der Waals surface area contributed by atoms with E-state index in [9.17, 15) is 4.39 Å². The lowest BCUT2D eigenvalue weighted by atomic mass is 10.1. The zero-order valence-electron chi connectivity index (χ0n) is 12.0. The molecular formula is C15H19FN4S. The van der Waals surface area contributed by atoms with Crippen molar-refractivity contribution in [2.45, 2.75) is 13.0 Å². The van der Waals surface area contributed by atoms with Crippen LogP contribution in [0.15, 0.2) is 29.8 Å². The van der Waals surface area contributed by atoms with Gasteiger partial charge in [-0.15, -0.1) is 11.3 Å². The lowest BCUT2D eigenvalue weighted by Crippen LogP contribution is -2.46. The topological polar surface area (TPSA) is 45.4 Å². The van der Waals surface area contributed by atoms with Gasteiger partial charge in [-0.2, -0.15) is 0 Å². The minimum Gasteiger partial charge on any atom is -0.366 e. The third kappa shape index (κ3) is 3.01. The Bertz CT molecular complexity index is 592. The van der Waals surface area contributed by atoms with Crippen LogP contribution in [0.2, 0.25) is 0 Å². The van der Waals surface area contributed by atoms with E-state index in [2.05, 4.69) is 14.8 Å². The van der Waals surface area contributed by atoms with Crippen LogP contribution in [0.3, 0.4) is 0 Å². The number of anilines is 2. The molecule has 1 aliphatic heterocycles. The molecule has 1 aromatic heterocycles. The van der Waals surface area contributed by atoms with Crippen LogP contribution in [0.5, 0.6) is 0 Å². The van der Waals surface area contributed by atoms with E-state index in [4.69, 9.17) is 5.73 Å². The first kappa shape index (κ1) is 14.3. The first-order chi connectivity index (χ1) is 10.1. The van der Waals surface area contributed by atoms with E-state index >= 15 is 0 Å². The molecule has 1 aliphatic rings. The predicted molar refractivity (Wildman–Crippen MR) is 85.5 cm³/mol.